The van der Waals surface area contributed by atoms with Crippen LogP contribution in [-0.4, -0.2) is 5.78 Å². The first-order valence-electron chi connectivity index (χ1n) is 6.45. The van der Waals surface area contributed by atoms with Crippen molar-refractivity contribution in [1.82, 2.24) is 0 Å². The van der Waals surface area contributed by atoms with E-state index in [4.69, 9.17) is 0 Å². The number of fused-ring (bicyclic) bond motifs is 1. The largest absolute Gasteiger partial charge is 0.294 e. The van der Waals surface area contributed by atoms with E-state index in [1.165, 1.54) is 31.2 Å². The van der Waals surface area contributed by atoms with Gasteiger partial charge in [-0.25, -0.2) is 0 Å². The van der Waals surface area contributed by atoms with Gasteiger partial charge in [0.05, 0.1) is 0 Å². The van der Waals surface area contributed by atoms with Crippen LogP contribution in [0.5, 0.6) is 0 Å². The fourth-order valence-electron chi connectivity index (χ4n) is 2.57. The lowest BCUT2D eigenvalue weighted by molar-refractivity contribution is 0.0929. The fourth-order valence-corrected chi connectivity index (χ4v) is 2.57. The second kappa shape index (κ2) is 5.29. The molecule has 0 aliphatic heterocycles. The van der Waals surface area contributed by atoms with Crippen LogP contribution in [0.2, 0.25) is 0 Å². The molecule has 0 amide bonds. The first kappa shape index (κ1) is 11.4. The predicted octanol–water partition coefficient (Wildman–Crippen LogP) is 4.01. The van der Waals surface area contributed by atoms with Gasteiger partial charge in [-0.2, -0.15) is 0 Å². The fraction of sp³-hybridized carbons (Fsp3) is 0.533. The van der Waals surface area contributed by atoms with Crippen LogP contribution in [0.15, 0.2) is 24.3 Å². The van der Waals surface area contributed by atoms with Crippen molar-refractivity contribution < 1.29 is 4.79 Å². The Balaban J connectivity index is 1.89. The standard InChI is InChI=1S/C15H20O/c1-2-3-4-5-9-13-11-12-8-6-7-10-14(12)15(13)16/h6-8,10,13H,2-5,9,11H2,1H3. The van der Waals surface area contributed by atoms with Crippen LogP contribution in [0.3, 0.4) is 0 Å². The molecule has 16 heavy (non-hydrogen) atoms. The molecule has 1 nitrogen and oxygen atoms in total. The zero-order valence-electron chi connectivity index (χ0n) is 10.0. The molecule has 0 bridgehead atoms. The van der Waals surface area contributed by atoms with Crippen molar-refractivity contribution >= 4 is 5.78 Å². The molecule has 1 aliphatic rings. The van der Waals surface area contributed by atoms with Crippen molar-refractivity contribution in [3.63, 3.8) is 0 Å². The summed E-state index contributed by atoms with van der Waals surface area (Å²) in [5.74, 6) is 0.654. The van der Waals surface area contributed by atoms with Crippen LogP contribution in [0, 0.1) is 5.92 Å². The highest BCUT2D eigenvalue weighted by Crippen LogP contribution is 2.29. The van der Waals surface area contributed by atoms with Gasteiger partial charge in [-0.3, -0.25) is 4.79 Å². The number of carbonyl (C=O) groups excluding carboxylic acids is 1. The minimum absolute atomic E-state index is 0.272. The highest BCUT2D eigenvalue weighted by molar-refractivity contribution is 6.02. The maximum Gasteiger partial charge on any atom is 0.166 e. The van der Waals surface area contributed by atoms with Gasteiger partial charge in [0, 0.05) is 11.5 Å². The van der Waals surface area contributed by atoms with E-state index in [-0.39, 0.29) is 5.92 Å². The summed E-state index contributed by atoms with van der Waals surface area (Å²) >= 11 is 0. The van der Waals surface area contributed by atoms with Gasteiger partial charge >= 0.3 is 0 Å². The quantitative estimate of drug-likeness (QED) is 0.680. The molecule has 0 N–H and O–H groups in total. The number of unbranched alkanes of at least 4 members (excludes halogenated alkanes) is 3. The highest BCUT2D eigenvalue weighted by Gasteiger charge is 2.29. The Hall–Kier alpha value is -1.11. The van der Waals surface area contributed by atoms with E-state index in [9.17, 15) is 4.79 Å². The summed E-state index contributed by atoms with van der Waals surface area (Å²) < 4.78 is 0. The summed E-state index contributed by atoms with van der Waals surface area (Å²) in [5, 5.41) is 0. The molecule has 0 aromatic heterocycles. The first-order chi connectivity index (χ1) is 7.83. The number of rotatable bonds is 5. The van der Waals surface area contributed by atoms with E-state index in [2.05, 4.69) is 13.0 Å². The molecule has 1 unspecified atom stereocenters. The average Bonchev–Trinajstić information content (AvgIpc) is 2.63. The van der Waals surface area contributed by atoms with Gasteiger partial charge in [-0.15, -0.1) is 0 Å². The van der Waals surface area contributed by atoms with E-state index < -0.39 is 0 Å². The summed E-state index contributed by atoms with van der Waals surface area (Å²) in [7, 11) is 0. The molecule has 0 heterocycles. The summed E-state index contributed by atoms with van der Waals surface area (Å²) in [5.41, 5.74) is 2.23. The molecule has 1 atom stereocenters. The van der Waals surface area contributed by atoms with Crippen molar-refractivity contribution in [2.24, 2.45) is 5.92 Å². The highest BCUT2D eigenvalue weighted by atomic mass is 16.1. The van der Waals surface area contributed by atoms with Gasteiger partial charge in [0.1, 0.15) is 0 Å². The smallest absolute Gasteiger partial charge is 0.166 e. The van der Waals surface area contributed by atoms with E-state index in [0.29, 0.717) is 5.78 Å². The van der Waals surface area contributed by atoms with Crippen molar-refractivity contribution in [3.8, 4) is 0 Å². The molecule has 1 aromatic rings. The zero-order chi connectivity index (χ0) is 11.4. The molecule has 0 spiro atoms. The van der Waals surface area contributed by atoms with Gasteiger partial charge in [0.2, 0.25) is 0 Å². The monoisotopic (exact) mass is 216 g/mol. The number of benzene rings is 1. The van der Waals surface area contributed by atoms with Crippen LogP contribution >= 0.6 is 0 Å². The molecular formula is C15H20O. The van der Waals surface area contributed by atoms with E-state index in [1.54, 1.807) is 0 Å². The third-order valence-corrected chi connectivity index (χ3v) is 3.53. The molecule has 0 saturated heterocycles. The van der Waals surface area contributed by atoms with Gasteiger partial charge in [0.15, 0.2) is 5.78 Å². The second-order valence-electron chi connectivity index (χ2n) is 4.77. The lowest BCUT2D eigenvalue weighted by Crippen LogP contribution is -2.08. The maximum atomic E-state index is 12.1. The maximum absolute atomic E-state index is 12.1. The van der Waals surface area contributed by atoms with Crippen LogP contribution in [0.1, 0.15) is 54.9 Å². The number of Topliss-reactive ketones (excluding diaryl/α,β-unsaturated/α-hetero) is 1. The lowest BCUT2D eigenvalue weighted by Gasteiger charge is -2.06. The van der Waals surface area contributed by atoms with E-state index in [0.717, 1.165) is 18.4 Å². The Morgan fingerprint density at radius 2 is 2.00 bits per heavy atom. The van der Waals surface area contributed by atoms with Gasteiger partial charge in [-0.05, 0) is 18.4 Å². The Morgan fingerprint density at radius 3 is 2.75 bits per heavy atom. The van der Waals surface area contributed by atoms with Gasteiger partial charge in [0.25, 0.3) is 0 Å². The molecule has 86 valence electrons. The first-order valence-corrected chi connectivity index (χ1v) is 6.45. The summed E-state index contributed by atoms with van der Waals surface area (Å²) in [6.45, 7) is 2.22. The predicted molar refractivity (Wildman–Crippen MR) is 66.7 cm³/mol. The Bertz CT molecular complexity index is 367. The Morgan fingerprint density at radius 1 is 1.19 bits per heavy atom. The van der Waals surface area contributed by atoms with Crippen LogP contribution in [0.4, 0.5) is 0 Å². The molecular weight excluding hydrogens is 196 g/mol. The number of carbonyl (C=O) groups is 1. The summed E-state index contributed by atoms with van der Waals surface area (Å²) in [6.07, 6.45) is 7.09. The van der Waals surface area contributed by atoms with E-state index in [1.807, 2.05) is 18.2 Å². The Kier molecular flexibility index (Phi) is 3.76. The molecule has 0 fully saturated rings. The van der Waals surface area contributed by atoms with Gasteiger partial charge in [-0.1, -0.05) is 56.9 Å². The van der Waals surface area contributed by atoms with E-state index >= 15 is 0 Å². The third kappa shape index (κ3) is 2.34. The number of ketones is 1. The molecule has 2 rings (SSSR count). The lowest BCUT2D eigenvalue weighted by atomic mass is 9.97. The minimum atomic E-state index is 0.272. The molecule has 1 aromatic carbocycles. The summed E-state index contributed by atoms with van der Waals surface area (Å²) in [4.78, 5) is 12.1. The SMILES string of the molecule is CCCCCCC1Cc2ccccc2C1=O. The molecule has 1 aliphatic carbocycles. The van der Waals surface area contributed by atoms with Crippen LogP contribution in [0.25, 0.3) is 0 Å². The number of hydrogen-bond donors (Lipinski definition) is 0. The normalized spacial score (nSPS) is 18.8. The molecule has 0 radical (unpaired) electrons. The average molecular weight is 216 g/mol. The number of hydrogen-bond acceptors (Lipinski definition) is 1. The topological polar surface area (TPSA) is 17.1 Å². The minimum Gasteiger partial charge on any atom is -0.294 e. The zero-order valence-corrected chi connectivity index (χ0v) is 10.0. The van der Waals surface area contributed by atoms with Crippen molar-refractivity contribution in [2.45, 2.75) is 45.4 Å². The Labute approximate surface area is 97.9 Å². The molecule has 0 saturated carbocycles. The van der Waals surface area contributed by atoms with Crippen molar-refractivity contribution in [2.75, 3.05) is 0 Å². The third-order valence-electron chi connectivity index (χ3n) is 3.53. The summed E-state index contributed by atoms with van der Waals surface area (Å²) in [6, 6.07) is 8.07. The van der Waals surface area contributed by atoms with Crippen molar-refractivity contribution in [3.05, 3.63) is 35.4 Å². The van der Waals surface area contributed by atoms with Crippen LogP contribution in [-0.2, 0) is 6.42 Å². The molecule has 1 heteroatoms. The van der Waals surface area contributed by atoms with Crippen LogP contribution < -0.4 is 0 Å². The van der Waals surface area contributed by atoms with Gasteiger partial charge < -0.3 is 0 Å². The second-order valence-corrected chi connectivity index (χ2v) is 4.77. The van der Waals surface area contributed by atoms with Crippen molar-refractivity contribution in [1.29, 1.82) is 0 Å².